The van der Waals surface area contributed by atoms with Crippen molar-refractivity contribution in [1.29, 1.82) is 0 Å². The summed E-state index contributed by atoms with van der Waals surface area (Å²) in [7, 11) is 0. The van der Waals surface area contributed by atoms with Gasteiger partial charge in [-0.2, -0.15) is 0 Å². The van der Waals surface area contributed by atoms with Gasteiger partial charge in [-0.3, -0.25) is 0 Å². The smallest absolute Gasteiger partial charge is 0.227 e. The summed E-state index contributed by atoms with van der Waals surface area (Å²) in [6, 6.07) is 66.7. The number of hydrogen-bond acceptors (Lipinski definition) is 5. The van der Waals surface area contributed by atoms with Crippen molar-refractivity contribution in [3.05, 3.63) is 188 Å². The molecule has 11 rings (SSSR count). The second kappa shape index (κ2) is 12.8. The molecule has 0 aliphatic carbocycles. The first-order valence-electron chi connectivity index (χ1n) is 18.4. The van der Waals surface area contributed by atoms with Gasteiger partial charge in [0.2, 0.25) is 5.89 Å². The van der Waals surface area contributed by atoms with Crippen LogP contribution in [0.2, 0.25) is 0 Å². The third kappa shape index (κ3) is 5.61. The molecule has 2 aromatic heterocycles. The zero-order valence-electron chi connectivity index (χ0n) is 29.6. The van der Waals surface area contributed by atoms with E-state index in [1.807, 2.05) is 30.3 Å². The molecular formula is C50H31N3OS. The van der Waals surface area contributed by atoms with E-state index in [-0.39, 0.29) is 0 Å². The Kier molecular flexibility index (Phi) is 7.32. The van der Waals surface area contributed by atoms with E-state index >= 15 is 0 Å². The van der Waals surface area contributed by atoms with E-state index in [2.05, 4.69) is 163 Å². The van der Waals surface area contributed by atoms with Crippen molar-refractivity contribution < 1.29 is 4.42 Å². The SMILES string of the molecule is c1ccc2cc3c(-c4ccc5cc(N(c6ccc(-c7nc8ccccc8o7)cc6)c6ccc(-c7nc8ccccc8s7)cc6)ccc5c4)cccc3cc2c1. The van der Waals surface area contributed by atoms with E-state index in [4.69, 9.17) is 14.4 Å². The fourth-order valence-corrected chi connectivity index (χ4v) is 8.67. The Morgan fingerprint density at radius 3 is 1.84 bits per heavy atom. The number of fused-ring (bicyclic) bond motifs is 5. The van der Waals surface area contributed by atoms with Crippen molar-refractivity contribution >= 4 is 82.0 Å². The highest BCUT2D eigenvalue weighted by Gasteiger charge is 2.17. The predicted octanol–water partition coefficient (Wildman–Crippen LogP) is 14.4. The summed E-state index contributed by atoms with van der Waals surface area (Å²) in [5.74, 6) is 0.611. The molecule has 0 saturated carbocycles. The Labute approximate surface area is 321 Å². The molecule has 0 amide bonds. The molecule has 11 aromatic rings. The van der Waals surface area contributed by atoms with Crippen LogP contribution < -0.4 is 4.90 Å². The van der Waals surface area contributed by atoms with Crippen molar-refractivity contribution in [3.8, 4) is 33.2 Å². The fraction of sp³-hybridized carbons (Fsp3) is 0. The maximum atomic E-state index is 6.10. The maximum absolute atomic E-state index is 6.10. The first-order chi connectivity index (χ1) is 27.2. The zero-order chi connectivity index (χ0) is 36.3. The molecular weight excluding hydrogens is 691 g/mol. The van der Waals surface area contributed by atoms with Crippen molar-refractivity contribution in [2.45, 2.75) is 0 Å². The Morgan fingerprint density at radius 2 is 1.04 bits per heavy atom. The van der Waals surface area contributed by atoms with Crippen LogP contribution in [0.25, 0.3) is 86.8 Å². The molecule has 5 heteroatoms. The first kappa shape index (κ1) is 31.4. The van der Waals surface area contributed by atoms with Gasteiger partial charge in [0.05, 0.1) is 10.2 Å². The molecule has 0 radical (unpaired) electrons. The second-order valence-corrected chi connectivity index (χ2v) is 14.9. The topological polar surface area (TPSA) is 42.2 Å². The van der Waals surface area contributed by atoms with Gasteiger partial charge in [-0.15, -0.1) is 11.3 Å². The van der Waals surface area contributed by atoms with Gasteiger partial charge in [0.1, 0.15) is 10.5 Å². The van der Waals surface area contributed by atoms with Crippen LogP contribution in [0.5, 0.6) is 0 Å². The predicted molar refractivity (Wildman–Crippen MR) is 231 cm³/mol. The minimum absolute atomic E-state index is 0.611. The molecule has 0 bridgehead atoms. The number of aromatic nitrogens is 2. The summed E-state index contributed by atoms with van der Waals surface area (Å²) in [4.78, 5) is 12.0. The molecule has 4 nitrogen and oxygen atoms in total. The molecule has 0 atom stereocenters. The van der Waals surface area contributed by atoms with Gasteiger partial charge in [0.25, 0.3) is 0 Å². The first-order valence-corrected chi connectivity index (χ1v) is 19.2. The number of hydrogen-bond donors (Lipinski definition) is 0. The number of rotatable bonds is 6. The minimum atomic E-state index is 0.611. The van der Waals surface area contributed by atoms with Crippen LogP contribution in [0.4, 0.5) is 17.1 Å². The molecule has 2 heterocycles. The van der Waals surface area contributed by atoms with Gasteiger partial charge in [-0.25, -0.2) is 9.97 Å². The second-order valence-electron chi connectivity index (χ2n) is 13.9. The maximum Gasteiger partial charge on any atom is 0.227 e. The van der Waals surface area contributed by atoms with Crippen molar-refractivity contribution in [2.24, 2.45) is 0 Å². The van der Waals surface area contributed by atoms with E-state index in [1.54, 1.807) is 11.3 Å². The lowest BCUT2D eigenvalue weighted by molar-refractivity contribution is 0.620. The van der Waals surface area contributed by atoms with Gasteiger partial charge in [0.15, 0.2) is 5.58 Å². The molecule has 9 aromatic carbocycles. The largest absolute Gasteiger partial charge is 0.436 e. The Hall–Kier alpha value is -7.08. The Balaban J connectivity index is 0.988. The Bertz CT molecular complexity index is 3030. The molecule has 0 spiro atoms. The van der Waals surface area contributed by atoms with Gasteiger partial charge >= 0.3 is 0 Å². The number of anilines is 3. The van der Waals surface area contributed by atoms with Crippen molar-refractivity contribution in [2.75, 3.05) is 4.90 Å². The molecule has 0 N–H and O–H groups in total. The third-order valence-electron chi connectivity index (χ3n) is 10.5. The molecule has 0 saturated heterocycles. The number of oxazole rings is 1. The highest BCUT2D eigenvalue weighted by Crippen LogP contribution is 2.40. The molecule has 0 aliphatic rings. The number of nitrogens with zero attached hydrogens (tertiary/aromatic N) is 3. The molecule has 0 unspecified atom stereocenters. The Morgan fingerprint density at radius 1 is 0.418 bits per heavy atom. The van der Waals surface area contributed by atoms with Gasteiger partial charge in [-0.1, -0.05) is 84.9 Å². The standard InChI is InChI=1S/C50H31N3OS/c1-2-9-35-31-44-38(28-34(35)8-1)10-7-11-43(44)39-17-16-37-30-42(27-22-36(37)29-39)53(40-23-18-32(19-24-40)49-51-45-12-3-5-14-47(45)54-49)41-25-20-33(21-26-41)50-52-46-13-4-6-15-48(46)55-50/h1-31H. The van der Waals surface area contributed by atoms with E-state index < -0.39 is 0 Å². The molecule has 0 aliphatic heterocycles. The average molecular weight is 722 g/mol. The normalized spacial score (nSPS) is 11.6. The van der Waals surface area contributed by atoms with Crippen LogP contribution in [0.3, 0.4) is 0 Å². The highest BCUT2D eigenvalue weighted by molar-refractivity contribution is 7.21. The van der Waals surface area contributed by atoms with E-state index in [0.29, 0.717) is 5.89 Å². The molecule has 0 fully saturated rings. The minimum Gasteiger partial charge on any atom is -0.436 e. The number of thiazole rings is 1. The number of para-hydroxylation sites is 3. The van der Waals surface area contributed by atoms with Crippen LogP contribution in [0, 0.1) is 0 Å². The van der Waals surface area contributed by atoms with Gasteiger partial charge in [-0.05, 0) is 147 Å². The summed E-state index contributed by atoms with van der Waals surface area (Å²) in [6.45, 7) is 0. The highest BCUT2D eigenvalue weighted by atomic mass is 32.1. The molecule has 55 heavy (non-hydrogen) atoms. The van der Waals surface area contributed by atoms with Crippen molar-refractivity contribution in [3.63, 3.8) is 0 Å². The van der Waals surface area contributed by atoms with Crippen LogP contribution in [0.1, 0.15) is 0 Å². The third-order valence-corrected chi connectivity index (χ3v) is 11.6. The zero-order valence-corrected chi connectivity index (χ0v) is 30.4. The van der Waals surface area contributed by atoms with Crippen molar-refractivity contribution in [1.82, 2.24) is 9.97 Å². The summed E-state index contributed by atoms with van der Waals surface area (Å²) < 4.78 is 7.29. The summed E-state index contributed by atoms with van der Waals surface area (Å²) >= 11 is 1.72. The quantitative estimate of drug-likeness (QED) is 0.160. The van der Waals surface area contributed by atoms with Crippen LogP contribution in [-0.2, 0) is 0 Å². The fourth-order valence-electron chi connectivity index (χ4n) is 7.70. The van der Waals surface area contributed by atoms with Gasteiger partial charge in [0, 0.05) is 28.2 Å². The lowest BCUT2D eigenvalue weighted by Gasteiger charge is -2.26. The van der Waals surface area contributed by atoms with E-state index in [9.17, 15) is 0 Å². The van der Waals surface area contributed by atoms with Gasteiger partial charge < -0.3 is 9.32 Å². The monoisotopic (exact) mass is 721 g/mol. The average Bonchev–Trinajstić information content (AvgIpc) is 3.88. The summed E-state index contributed by atoms with van der Waals surface area (Å²) in [5, 5.41) is 8.40. The van der Waals surface area contributed by atoms with Crippen LogP contribution in [-0.4, -0.2) is 9.97 Å². The van der Waals surface area contributed by atoms with E-state index in [0.717, 1.165) is 49.8 Å². The summed E-state index contributed by atoms with van der Waals surface area (Å²) in [6.07, 6.45) is 0. The van der Waals surface area contributed by atoms with E-state index in [1.165, 1.54) is 48.1 Å². The lowest BCUT2D eigenvalue weighted by atomic mass is 9.94. The number of benzene rings is 9. The summed E-state index contributed by atoms with van der Waals surface area (Å²) in [5.41, 5.74) is 10.3. The van der Waals surface area contributed by atoms with Crippen LogP contribution in [0.15, 0.2) is 192 Å². The van der Waals surface area contributed by atoms with Crippen LogP contribution >= 0.6 is 11.3 Å². The lowest BCUT2D eigenvalue weighted by Crippen LogP contribution is -2.09. The molecule has 258 valence electrons.